The summed E-state index contributed by atoms with van der Waals surface area (Å²) in [5, 5.41) is 13.3. The molecule has 0 unspecified atom stereocenters. The maximum atomic E-state index is 11.6. The quantitative estimate of drug-likeness (QED) is 0.693. The second-order valence-corrected chi connectivity index (χ2v) is 5.94. The van der Waals surface area contributed by atoms with Crippen LogP contribution in [0.15, 0.2) is 48.7 Å². The topological polar surface area (TPSA) is 77.0 Å². The summed E-state index contributed by atoms with van der Waals surface area (Å²) in [6.45, 7) is 2.64. The summed E-state index contributed by atoms with van der Waals surface area (Å²) in [6, 6.07) is 13.4. The van der Waals surface area contributed by atoms with Crippen LogP contribution in [0.1, 0.15) is 22.3 Å². The van der Waals surface area contributed by atoms with Gasteiger partial charge in [0.05, 0.1) is 18.7 Å². The number of nitrogens with zero attached hydrogens (tertiary/aromatic N) is 3. The van der Waals surface area contributed by atoms with E-state index in [2.05, 4.69) is 20.5 Å². The maximum Gasteiger partial charge on any atom is 0.339 e. The van der Waals surface area contributed by atoms with Crippen molar-refractivity contribution in [1.29, 1.82) is 0 Å². The zero-order valence-corrected chi connectivity index (χ0v) is 13.9. The van der Waals surface area contributed by atoms with E-state index in [1.165, 1.54) is 17.5 Å². The van der Waals surface area contributed by atoms with Crippen LogP contribution in [-0.2, 0) is 11.3 Å². The molecule has 2 aromatic heterocycles. The average Bonchev–Trinajstić information content (AvgIpc) is 3.10. The van der Waals surface area contributed by atoms with Crippen LogP contribution < -0.4 is 5.32 Å². The molecule has 1 aromatic carbocycles. The van der Waals surface area contributed by atoms with Crippen molar-refractivity contribution in [3.63, 3.8) is 0 Å². The number of ether oxygens (including phenoxy) is 1. The Morgan fingerprint density at radius 1 is 1.17 bits per heavy atom. The summed E-state index contributed by atoms with van der Waals surface area (Å²) in [6.07, 6.45) is 1.50. The highest BCUT2D eigenvalue weighted by atomic mass is 32.1. The number of rotatable bonds is 6. The van der Waals surface area contributed by atoms with Crippen LogP contribution in [0.5, 0.6) is 0 Å². The number of esters is 1. The molecule has 0 fully saturated rings. The second-order valence-electron chi connectivity index (χ2n) is 4.87. The van der Waals surface area contributed by atoms with E-state index in [1.807, 2.05) is 30.3 Å². The van der Waals surface area contributed by atoms with E-state index in [4.69, 9.17) is 4.74 Å². The fourth-order valence-electron chi connectivity index (χ4n) is 2.02. The minimum absolute atomic E-state index is 0.347. The van der Waals surface area contributed by atoms with E-state index in [9.17, 15) is 4.79 Å². The molecule has 3 rings (SSSR count). The van der Waals surface area contributed by atoms with E-state index >= 15 is 0 Å². The van der Waals surface area contributed by atoms with Gasteiger partial charge in [-0.25, -0.2) is 9.78 Å². The first-order valence-corrected chi connectivity index (χ1v) is 8.32. The predicted molar refractivity (Wildman–Crippen MR) is 92.9 cm³/mol. The van der Waals surface area contributed by atoms with Gasteiger partial charge in [-0.1, -0.05) is 41.7 Å². The molecule has 0 aliphatic heterocycles. The number of anilines is 1. The van der Waals surface area contributed by atoms with Crippen LogP contribution in [0.3, 0.4) is 0 Å². The summed E-state index contributed by atoms with van der Waals surface area (Å²) < 4.78 is 4.93. The van der Waals surface area contributed by atoms with Gasteiger partial charge >= 0.3 is 5.97 Å². The first kappa shape index (κ1) is 16.1. The zero-order valence-electron chi connectivity index (χ0n) is 13.1. The van der Waals surface area contributed by atoms with E-state index in [1.54, 1.807) is 19.1 Å². The fraction of sp³-hybridized carbons (Fsp3) is 0.176. The van der Waals surface area contributed by atoms with Crippen LogP contribution in [0.25, 0.3) is 10.6 Å². The molecule has 6 nitrogen and oxygen atoms in total. The predicted octanol–water partition coefficient (Wildman–Crippen LogP) is 3.39. The highest BCUT2D eigenvalue weighted by Crippen LogP contribution is 2.23. The largest absolute Gasteiger partial charge is 0.462 e. The smallest absolute Gasteiger partial charge is 0.339 e. The minimum atomic E-state index is -0.367. The number of carbonyl (C=O) groups is 1. The Balaban J connectivity index is 1.60. The van der Waals surface area contributed by atoms with Crippen molar-refractivity contribution < 1.29 is 9.53 Å². The summed E-state index contributed by atoms with van der Waals surface area (Å²) in [4.78, 5) is 15.8. The van der Waals surface area contributed by atoms with E-state index in [0.717, 1.165) is 15.6 Å². The van der Waals surface area contributed by atoms with Crippen molar-refractivity contribution in [1.82, 2.24) is 15.2 Å². The third kappa shape index (κ3) is 3.94. The van der Waals surface area contributed by atoms with Crippen molar-refractivity contribution in [3.8, 4) is 10.6 Å². The lowest BCUT2D eigenvalue weighted by Gasteiger charge is -2.04. The van der Waals surface area contributed by atoms with Gasteiger partial charge in [0.2, 0.25) is 0 Å². The van der Waals surface area contributed by atoms with Crippen molar-refractivity contribution in [2.45, 2.75) is 13.5 Å². The number of aromatic nitrogens is 3. The molecule has 0 aliphatic rings. The first-order valence-electron chi connectivity index (χ1n) is 7.51. The summed E-state index contributed by atoms with van der Waals surface area (Å²) >= 11 is 1.53. The molecule has 0 aliphatic carbocycles. The van der Waals surface area contributed by atoms with Crippen LogP contribution >= 0.6 is 11.3 Å². The summed E-state index contributed by atoms with van der Waals surface area (Å²) in [7, 11) is 0. The molecule has 1 N–H and O–H groups in total. The zero-order chi connectivity index (χ0) is 16.8. The Morgan fingerprint density at radius 2 is 2.00 bits per heavy atom. The number of pyridine rings is 1. The molecule has 24 heavy (non-hydrogen) atoms. The van der Waals surface area contributed by atoms with Crippen molar-refractivity contribution in [2.24, 2.45) is 0 Å². The highest BCUT2D eigenvalue weighted by Gasteiger charge is 2.08. The minimum Gasteiger partial charge on any atom is -0.462 e. The number of hydrogen-bond donors (Lipinski definition) is 1. The van der Waals surface area contributed by atoms with Crippen molar-refractivity contribution in [2.75, 3.05) is 11.9 Å². The molecular weight excluding hydrogens is 324 g/mol. The van der Waals surface area contributed by atoms with Gasteiger partial charge < -0.3 is 10.1 Å². The molecule has 2 heterocycles. The standard InChI is InChI=1S/C17H16N4O2S/c1-2-23-17(22)13-8-9-14(18-10-13)19-11-15-20-21-16(24-15)12-6-4-3-5-7-12/h3-10H,2,11H2,1H3,(H,18,19). The lowest BCUT2D eigenvalue weighted by molar-refractivity contribution is 0.0526. The average molecular weight is 340 g/mol. The number of benzene rings is 1. The van der Waals surface area contributed by atoms with Crippen LogP contribution in [0.4, 0.5) is 5.82 Å². The lowest BCUT2D eigenvalue weighted by Crippen LogP contribution is -2.06. The number of hydrogen-bond acceptors (Lipinski definition) is 7. The summed E-state index contributed by atoms with van der Waals surface area (Å²) in [5.74, 6) is 0.299. The Labute approximate surface area is 143 Å². The Morgan fingerprint density at radius 3 is 2.71 bits per heavy atom. The molecule has 0 radical (unpaired) electrons. The molecule has 0 saturated carbocycles. The molecule has 0 amide bonds. The van der Waals surface area contributed by atoms with Crippen LogP contribution in [0.2, 0.25) is 0 Å². The molecule has 3 aromatic rings. The van der Waals surface area contributed by atoms with E-state index < -0.39 is 0 Å². The van der Waals surface area contributed by atoms with Gasteiger partial charge in [0.25, 0.3) is 0 Å². The molecule has 122 valence electrons. The maximum absolute atomic E-state index is 11.6. The van der Waals surface area contributed by atoms with E-state index in [-0.39, 0.29) is 5.97 Å². The molecule has 0 saturated heterocycles. The normalized spacial score (nSPS) is 10.4. The van der Waals surface area contributed by atoms with Crippen LogP contribution in [-0.4, -0.2) is 27.8 Å². The van der Waals surface area contributed by atoms with Crippen LogP contribution in [0, 0.1) is 0 Å². The number of nitrogens with one attached hydrogen (secondary N) is 1. The number of carbonyl (C=O) groups excluding carboxylic acids is 1. The van der Waals surface area contributed by atoms with Gasteiger partial charge in [-0.05, 0) is 19.1 Å². The first-order chi connectivity index (χ1) is 11.8. The van der Waals surface area contributed by atoms with Gasteiger partial charge in [-0.3, -0.25) is 0 Å². The SMILES string of the molecule is CCOC(=O)c1ccc(NCc2nnc(-c3ccccc3)s2)nc1. The van der Waals surface area contributed by atoms with Gasteiger partial charge in [0, 0.05) is 11.8 Å². The van der Waals surface area contributed by atoms with Gasteiger partial charge in [0.1, 0.15) is 15.8 Å². The monoisotopic (exact) mass is 340 g/mol. The molecule has 0 bridgehead atoms. The van der Waals surface area contributed by atoms with E-state index in [0.29, 0.717) is 24.5 Å². The summed E-state index contributed by atoms with van der Waals surface area (Å²) in [5.41, 5.74) is 1.49. The fourth-order valence-corrected chi connectivity index (χ4v) is 2.81. The molecule has 0 spiro atoms. The molecular formula is C17H16N4O2S. The Hall–Kier alpha value is -2.80. The van der Waals surface area contributed by atoms with Gasteiger partial charge in [0.15, 0.2) is 0 Å². The third-order valence-electron chi connectivity index (χ3n) is 3.18. The lowest BCUT2D eigenvalue weighted by atomic mass is 10.2. The Bertz CT molecular complexity index is 803. The van der Waals surface area contributed by atoms with Gasteiger partial charge in [-0.2, -0.15) is 0 Å². The highest BCUT2D eigenvalue weighted by molar-refractivity contribution is 7.14. The Kier molecular flexibility index (Phi) is 5.12. The third-order valence-corrected chi connectivity index (χ3v) is 4.16. The molecule has 0 atom stereocenters. The van der Waals surface area contributed by atoms with Crippen molar-refractivity contribution in [3.05, 3.63) is 59.2 Å². The van der Waals surface area contributed by atoms with Gasteiger partial charge in [-0.15, -0.1) is 10.2 Å². The second kappa shape index (κ2) is 7.65. The van der Waals surface area contributed by atoms with Crippen molar-refractivity contribution >= 4 is 23.1 Å². The molecule has 7 heteroatoms.